The molecule has 0 aliphatic carbocycles. The summed E-state index contributed by atoms with van der Waals surface area (Å²) in [7, 11) is 0. The molecule has 0 aromatic rings. The fourth-order valence-electron chi connectivity index (χ4n) is 1.53. The Morgan fingerprint density at radius 2 is 2.29 bits per heavy atom. The van der Waals surface area contributed by atoms with Crippen LogP contribution in [0, 0.1) is 16.7 Å². The molecule has 0 saturated heterocycles. The van der Waals surface area contributed by atoms with Crippen LogP contribution in [0.15, 0.2) is 10.3 Å². The molecular formula is C14H22N4O3. The normalized spacial score (nSPS) is 18.8. The minimum Gasteiger partial charge on any atom is -0.392 e. The summed E-state index contributed by atoms with van der Waals surface area (Å²) in [5.74, 6) is -0.583. The number of nitrogens with one attached hydrogen (secondary N) is 1. The van der Waals surface area contributed by atoms with Crippen LogP contribution in [0.5, 0.6) is 0 Å². The highest BCUT2D eigenvalue weighted by Gasteiger charge is 2.32. The molecule has 21 heavy (non-hydrogen) atoms. The van der Waals surface area contributed by atoms with E-state index < -0.39 is 5.91 Å². The van der Waals surface area contributed by atoms with Gasteiger partial charge in [-0.15, -0.1) is 0 Å². The second-order valence-corrected chi connectivity index (χ2v) is 6.21. The lowest BCUT2D eigenvalue weighted by molar-refractivity contribution is -0.114. The van der Waals surface area contributed by atoms with Crippen LogP contribution in [-0.4, -0.2) is 36.1 Å². The molecule has 1 aliphatic heterocycles. The zero-order valence-corrected chi connectivity index (χ0v) is 13.1. The second-order valence-electron chi connectivity index (χ2n) is 6.21. The molecule has 0 spiro atoms. The van der Waals surface area contributed by atoms with Gasteiger partial charge in [0, 0.05) is 11.8 Å². The Labute approximate surface area is 125 Å². The van der Waals surface area contributed by atoms with E-state index in [0.29, 0.717) is 6.42 Å². The highest BCUT2D eigenvalue weighted by atomic mass is 16.6. The van der Waals surface area contributed by atoms with Gasteiger partial charge < -0.3 is 15.0 Å². The van der Waals surface area contributed by atoms with E-state index >= 15 is 0 Å². The Balaban J connectivity index is 2.47. The minimum absolute atomic E-state index is 0.00205. The number of nitriles is 1. The van der Waals surface area contributed by atoms with Crippen LogP contribution in [-0.2, 0) is 14.5 Å². The summed E-state index contributed by atoms with van der Waals surface area (Å²) in [5, 5.41) is 18.9. The van der Waals surface area contributed by atoms with Crippen LogP contribution in [0.25, 0.3) is 0 Å². The molecule has 7 nitrogen and oxygen atoms in total. The first-order valence-electron chi connectivity index (χ1n) is 6.87. The van der Waals surface area contributed by atoms with Gasteiger partial charge >= 0.3 is 0 Å². The lowest BCUT2D eigenvalue weighted by Crippen LogP contribution is -2.35. The molecule has 0 radical (unpaired) electrons. The quantitative estimate of drug-likeness (QED) is 0.615. The third-order valence-electron chi connectivity index (χ3n) is 2.82. The Bertz CT molecular complexity index is 483. The molecule has 1 N–H and O–H groups in total. The molecule has 0 aromatic heterocycles. The molecule has 1 atom stereocenters. The van der Waals surface area contributed by atoms with Crippen molar-refractivity contribution in [2.75, 3.05) is 6.54 Å². The van der Waals surface area contributed by atoms with Gasteiger partial charge in [-0.25, -0.2) is 0 Å². The van der Waals surface area contributed by atoms with E-state index in [2.05, 4.69) is 36.4 Å². The number of carbonyl (C=O) groups is 1. The number of carbonyl (C=O) groups excluding carboxylic acids is 1. The van der Waals surface area contributed by atoms with Gasteiger partial charge in [0.25, 0.3) is 5.91 Å². The molecule has 0 aromatic carbocycles. The van der Waals surface area contributed by atoms with Gasteiger partial charge in [-0.05, 0) is 13.8 Å². The maximum Gasteiger partial charge on any atom is 0.284 e. The first-order valence-corrected chi connectivity index (χ1v) is 6.87. The van der Waals surface area contributed by atoms with E-state index in [1.165, 1.54) is 0 Å². The van der Waals surface area contributed by atoms with Crippen LogP contribution in [0.3, 0.4) is 0 Å². The minimum atomic E-state index is -0.583. The summed E-state index contributed by atoms with van der Waals surface area (Å²) in [6.45, 7) is 9.95. The standard InChI is InChI=1S/C14H22N4O3/c1-9(2)20-18-11(7-15)13(19)16-8-10-6-12(21-17-10)14(3,4)5/h9,12H,6,8H2,1-5H3,(H,16,19)/b18-11+. The predicted molar refractivity (Wildman–Crippen MR) is 78.7 cm³/mol. The molecule has 1 unspecified atom stereocenters. The van der Waals surface area contributed by atoms with Gasteiger partial charge in [-0.2, -0.15) is 5.26 Å². The van der Waals surface area contributed by atoms with Gasteiger partial charge in [0.2, 0.25) is 5.71 Å². The number of amides is 1. The summed E-state index contributed by atoms with van der Waals surface area (Å²) >= 11 is 0. The molecule has 1 rings (SSSR count). The zero-order valence-electron chi connectivity index (χ0n) is 13.1. The molecule has 0 saturated carbocycles. The Kier molecular flexibility index (Phi) is 5.70. The van der Waals surface area contributed by atoms with Crippen LogP contribution in [0.1, 0.15) is 41.0 Å². The summed E-state index contributed by atoms with van der Waals surface area (Å²) < 4.78 is 0. The topological polar surface area (TPSA) is 96.1 Å². The molecule has 1 amide bonds. The van der Waals surface area contributed by atoms with E-state index in [-0.39, 0.29) is 29.9 Å². The number of nitrogens with zero attached hydrogens (tertiary/aromatic N) is 3. The number of hydrogen-bond donors (Lipinski definition) is 1. The van der Waals surface area contributed by atoms with Gasteiger partial charge in [-0.1, -0.05) is 31.1 Å². The molecule has 0 fully saturated rings. The first kappa shape index (κ1) is 17.0. The molecule has 1 aliphatic rings. The van der Waals surface area contributed by atoms with Gasteiger partial charge in [0.05, 0.1) is 12.3 Å². The smallest absolute Gasteiger partial charge is 0.284 e. The van der Waals surface area contributed by atoms with E-state index in [1.807, 2.05) is 0 Å². The average Bonchev–Trinajstić information content (AvgIpc) is 2.85. The largest absolute Gasteiger partial charge is 0.392 e. The van der Waals surface area contributed by atoms with Crippen molar-refractivity contribution in [1.29, 1.82) is 5.26 Å². The van der Waals surface area contributed by atoms with Crippen LogP contribution >= 0.6 is 0 Å². The zero-order chi connectivity index (χ0) is 16.0. The lowest BCUT2D eigenvalue weighted by atomic mass is 9.86. The van der Waals surface area contributed by atoms with E-state index in [0.717, 1.165) is 5.71 Å². The Hall–Kier alpha value is -2.10. The highest BCUT2D eigenvalue weighted by molar-refractivity contribution is 6.45. The monoisotopic (exact) mass is 294 g/mol. The third-order valence-corrected chi connectivity index (χ3v) is 2.82. The summed E-state index contributed by atoms with van der Waals surface area (Å²) in [6.07, 6.45) is 0.463. The van der Waals surface area contributed by atoms with Crippen molar-refractivity contribution in [3.8, 4) is 6.07 Å². The van der Waals surface area contributed by atoms with Crippen molar-refractivity contribution < 1.29 is 14.5 Å². The van der Waals surface area contributed by atoms with Crippen molar-refractivity contribution in [2.24, 2.45) is 15.7 Å². The summed E-state index contributed by atoms with van der Waals surface area (Å²) in [4.78, 5) is 22.0. The van der Waals surface area contributed by atoms with E-state index in [1.54, 1.807) is 19.9 Å². The van der Waals surface area contributed by atoms with Crippen molar-refractivity contribution in [3.63, 3.8) is 0 Å². The average molecular weight is 294 g/mol. The van der Waals surface area contributed by atoms with Crippen LogP contribution < -0.4 is 5.32 Å². The van der Waals surface area contributed by atoms with Crippen molar-refractivity contribution in [1.82, 2.24) is 5.32 Å². The van der Waals surface area contributed by atoms with Crippen molar-refractivity contribution in [2.45, 2.75) is 53.2 Å². The van der Waals surface area contributed by atoms with Gasteiger partial charge in [0.1, 0.15) is 18.3 Å². The molecule has 1 heterocycles. The fourth-order valence-corrected chi connectivity index (χ4v) is 1.53. The maximum atomic E-state index is 11.8. The SMILES string of the molecule is CC(C)O/N=C(\C#N)C(=O)NCC1=NOC(C(C)(C)C)C1. The van der Waals surface area contributed by atoms with E-state index in [4.69, 9.17) is 14.9 Å². The van der Waals surface area contributed by atoms with Gasteiger partial charge in [-0.3, -0.25) is 4.79 Å². The van der Waals surface area contributed by atoms with Gasteiger partial charge in [0.15, 0.2) is 0 Å². The fraction of sp³-hybridized carbons (Fsp3) is 0.714. The second kappa shape index (κ2) is 7.07. The lowest BCUT2D eigenvalue weighted by Gasteiger charge is -2.23. The van der Waals surface area contributed by atoms with Crippen LogP contribution in [0.4, 0.5) is 0 Å². The summed E-state index contributed by atoms with van der Waals surface area (Å²) in [5.41, 5.74) is 0.417. The highest BCUT2D eigenvalue weighted by Crippen LogP contribution is 2.28. The molecular weight excluding hydrogens is 272 g/mol. The Morgan fingerprint density at radius 1 is 1.62 bits per heavy atom. The predicted octanol–water partition coefficient (Wildman–Crippen LogP) is 1.60. The Morgan fingerprint density at radius 3 is 2.76 bits per heavy atom. The van der Waals surface area contributed by atoms with Crippen molar-refractivity contribution in [3.05, 3.63) is 0 Å². The third kappa shape index (κ3) is 5.42. The van der Waals surface area contributed by atoms with Crippen LogP contribution in [0.2, 0.25) is 0 Å². The first-order chi connectivity index (χ1) is 9.74. The van der Waals surface area contributed by atoms with Crippen molar-refractivity contribution >= 4 is 17.3 Å². The maximum absolute atomic E-state index is 11.8. The summed E-state index contributed by atoms with van der Waals surface area (Å²) in [6, 6.07) is 1.71. The van der Waals surface area contributed by atoms with E-state index in [9.17, 15) is 4.79 Å². The molecule has 116 valence electrons. The number of rotatable bonds is 5. The number of hydrogen-bond acceptors (Lipinski definition) is 6. The molecule has 0 bridgehead atoms. The molecule has 7 heteroatoms. The number of oxime groups is 2.